The number of hydrogen-bond acceptors (Lipinski definition) is 2. The number of benzene rings is 1. The van der Waals surface area contributed by atoms with Gasteiger partial charge in [-0.1, -0.05) is 23.7 Å². The summed E-state index contributed by atoms with van der Waals surface area (Å²) in [5.74, 6) is 0. The summed E-state index contributed by atoms with van der Waals surface area (Å²) in [7, 11) is 0. The highest BCUT2D eigenvalue weighted by Gasteiger charge is 2.04. The lowest BCUT2D eigenvalue weighted by Gasteiger charge is -2.02. The van der Waals surface area contributed by atoms with Gasteiger partial charge in [-0.2, -0.15) is 5.10 Å². The molecule has 0 bridgehead atoms. The predicted molar refractivity (Wildman–Crippen MR) is 63.4 cm³/mol. The van der Waals surface area contributed by atoms with E-state index in [1.54, 1.807) is 17.8 Å². The van der Waals surface area contributed by atoms with Gasteiger partial charge in [0.15, 0.2) is 0 Å². The topological polar surface area (TPSA) is 38.1 Å². The summed E-state index contributed by atoms with van der Waals surface area (Å²) in [5, 5.41) is 14.3. The van der Waals surface area contributed by atoms with Crippen molar-refractivity contribution in [2.75, 3.05) is 0 Å². The molecule has 2 aromatic rings. The van der Waals surface area contributed by atoms with E-state index in [0.717, 1.165) is 16.1 Å². The first kappa shape index (κ1) is 11.2. The molecule has 0 radical (unpaired) electrons. The van der Waals surface area contributed by atoms with Gasteiger partial charge >= 0.3 is 0 Å². The Hall–Kier alpha value is -1.32. The van der Waals surface area contributed by atoms with E-state index in [1.165, 1.54) is 0 Å². The first-order valence-corrected chi connectivity index (χ1v) is 5.48. The molecule has 0 spiro atoms. The minimum atomic E-state index is -0.473. The zero-order valence-corrected chi connectivity index (χ0v) is 9.72. The lowest BCUT2D eigenvalue weighted by Crippen LogP contribution is -1.99. The molecule has 0 aliphatic heterocycles. The number of halogens is 1. The van der Waals surface area contributed by atoms with Crippen LogP contribution in [-0.2, 0) is 6.54 Å². The molecule has 1 atom stereocenters. The van der Waals surface area contributed by atoms with Crippen LogP contribution in [0.4, 0.5) is 0 Å². The van der Waals surface area contributed by atoms with E-state index in [4.69, 9.17) is 11.6 Å². The summed E-state index contributed by atoms with van der Waals surface area (Å²) in [6.07, 6.45) is 3.05. The van der Waals surface area contributed by atoms with Gasteiger partial charge in [-0.25, -0.2) is 0 Å². The van der Waals surface area contributed by atoms with Crippen molar-refractivity contribution in [3.8, 4) is 0 Å². The summed E-state index contributed by atoms with van der Waals surface area (Å²) in [4.78, 5) is 0. The number of hydrogen-bond donors (Lipinski definition) is 1. The first-order valence-electron chi connectivity index (χ1n) is 5.10. The molecule has 0 amide bonds. The Morgan fingerprint density at radius 3 is 2.62 bits per heavy atom. The Morgan fingerprint density at radius 2 is 2.06 bits per heavy atom. The quantitative estimate of drug-likeness (QED) is 0.890. The van der Waals surface area contributed by atoms with Crippen molar-refractivity contribution in [2.24, 2.45) is 0 Å². The molecule has 3 nitrogen and oxygen atoms in total. The Bertz CT molecular complexity index is 462. The number of aromatic nitrogens is 2. The number of rotatable bonds is 3. The van der Waals surface area contributed by atoms with E-state index in [0.29, 0.717) is 6.54 Å². The SMILES string of the molecule is CC(O)c1cnn(Cc2ccc(Cl)cc2)c1. The van der Waals surface area contributed by atoms with Crippen molar-refractivity contribution in [1.29, 1.82) is 0 Å². The third-order valence-electron chi connectivity index (χ3n) is 2.39. The van der Waals surface area contributed by atoms with Crippen LogP contribution >= 0.6 is 11.6 Å². The molecule has 0 aliphatic carbocycles. The van der Waals surface area contributed by atoms with Crippen LogP contribution in [0, 0.1) is 0 Å². The highest BCUT2D eigenvalue weighted by molar-refractivity contribution is 6.30. The summed E-state index contributed by atoms with van der Waals surface area (Å²) >= 11 is 5.80. The number of aliphatic hydroxyl groups excluding tert-OH is 1. The van der Waals surface area contributed by atoms with Crippen LogP contribution in [-0.4, -0.2) is 14.9 Å². The number of nitrogens with zero attached hydrogens (tertiary/aromatic N) is 2. The molecule has 2 rings (SSSR count). The third kappa shape index (κ3) is 2.62. The highest BCUT2D eigenvalue weighted by Crippen LogP contribution is 2.13. The molecule has 84 valence electrons. The van der Waals surface area contributed by atoms with Crippen LogP contribution in [0.3, 0.4) is 0 Å². The van der Waals surface area contributed by atoms with Crippen molar-refractivity contribution in [3.05, 3.63) is 52.8 Å². The minimum Gasteiger partial charge on any atom is -0.389 e. The smallest absolute Gasteiger partial charge is 0.0792 e. The molecule has 1 aromatic heterocycles. The van der Waals surface area contributed by atoms with E-state index in [9.17, 15) is 5.11 Å². The van der Waals surface area contributed by atoms with Gasteiger partial charge in [0.05, 0.1) is 18.8 Å². The maximum absolute atomic E-state index is 9.37. The van der Waals surface area contributed by atoms with Crippen LogP contribution < -0.4 is 0 Å². The first-order chi connectivity index (χ1) is 7.65. The van der Waals surface area contributed by atoms with E-state index >= 15 is 0 Å². The van der Waals surface area contributed by atoms with Crippen molar-refractivity contribution < 1.29 is 5.11 Å². The van der Waals surface area contributed by atoms with Crippen LogP contribution in [0.2, 0.25) is 5.02 Å². The van der Waals surface area contributed by atoms with Crippen LogP contribution in [0.15, 0.2) is 36.7 Å². The molecule has 1 aromatic carbocycles. The third-order valence-corrected chi connectivity index (χ3v) is 2.65. The molecule has 1 heterocycles. The van der Waals surface area contributed by atoms with E-state index in [-0.39, 0.29) is 0 Å². The molecule has 0 saturated carbocycles. The summed E-state index contributed by atoms with van der Waals surface area (Å²) in [6, 6.07) is 7.64. The van der Waals surface area contributed by atoms with Gasteiger partial charge in [-0.3, -0.25) is 4.68 Å². The maximum Gasteiger partial charge on any atom is 0.0792 e. The zero-order valence-electron chi connectivity index (χ0n) is 8.97. The van der Waals surface area contributed by atoms with Gasteiger partial charge in [0.25, 0.3) is 0 Å². The Labute approximate surface area is 99.3 Å². The molecular weight excluding hydrogens is 224 g/mol. The fraction of sp³-hybridized carbons (Fsp3) is 0.250. The van der Waals surface area contributed by atoms with Gasteiger partial charge in [0, 0.05) is 16.8 Å². The summed E-state index contributed by atoms with van der Waals surface area (Å²) < 4.78 is 1.80. The molecule has 0 aliphatic rings. The fourth-order valence-corrected chi connectivity index (χ4v) is 1.58. The number of aliphatic hydroxyl groups is 1. The molecule has 0 fully saturated rings. The second-order valence-electron chi connectivity index (χ2n) is 3.77. The largest absolute Gasteiger partial charge is 0.389 e. The normalized spacial score (nSPS) is 12.7. The second kappa shape index (κ2) is 4.68. The van der Waals surface area contributed by atoms with Crippen molar-refractivity contribution >= 4 is 11.6 Å². The molecule has 1 unspecified atom stereocenters. The average Bonchev–Trinajstić information content (AvgIpc) is 2.70. The Balaban J connectivity index is 2.11. The average molecular weight is 237 g/mol. The monoisotopic (exact) mass is 236 g/mol. The van der Waals surface area contributed by atoms with Crippen LogP contribution in [0.25, 0.3) is 0 Å². The minimum absolute atomic E-state index is 0.473. The molecule has 1 N–H and O–H groups in total. The van der Waals surface area contributed by atoms with E-state index < -0.39 is 6.10 Å². The van der Waals surface area contributed by atoms with Crippen molar-refractivity contribution in [2.45, 2.75) is 19.6 Å². The van der Waals surface area contributed by atoms with Crippen molar-refractivity contribution in [1.82, 2.24) is 9.78 Å². The molecule has 0 saturated heterocycles. The van der Waals surface area contributed by atoms with E-state index in [2.05, 4.69) is 5.10 Å². The lowest BCUT2D eigenvalue weighted by molar-refractivity contribution is 0.199. The Kier molecular flexibility index (Phi) is 3.27. The lowest BCUT2D eigenvalue weighted by atomic mass is 10.2. The van der Waals surface area contributed by atoms with Crippen molar-refractivity contribution in [3.63, 3.8) is 0 Å². The van der Waals surface area contributed by atoms with Crippen LogP contribution in [0.5, 0.6) is 0 Å². The molecule has 16 heavy (non-hydrogen) atoms. The molecular formula is C12H13ClN2O. The second-order valence-corrected chi connectivity index (χ2v) is 4.21. The summed E-state index contributed by atoms with van der Waals surface area (Å²) in [6.45, 7) is 2.41. The van der Waals surface area contributed by atoms with E-state index in [1.807, 2.05) is 30.5 Å². The van der Waals surface area contributed by atoms with Gasteiger partial charge in [-0.15, -0.1) is 0 Å². The van der Waals surface area contributed by atoms with Gasteiger partial charge < -0.3 is 5.11 Å². The predicted octanol–water partition coefficient (Wildman–Crippen LogP) is 2.64. The van der Waals surface area contributed by atoms with Gasteiger partial charge in [0.2, 0.25) is 0 Å². The standard InChI is InChI=1S/C12H13ClN2O/c1-9(16)11-6-14-15(8-11)7-10-2-4-12(13)5-3-10/h2-6,8-9,16H,7H2,1H3. The van der Waals surface area contributed by atoms with Gasteiger partial charge in [0.1, 0.15) is 0 Å². The van der Waals surface area contributed by atoms with Crippen LogP contribution in [0.1, 0.15) is 24.2 Å². The maximum atomic E-state index is 9.37. The fourth-order valence-electron chi connectivity index (χ4n) is 1.46. The molecule has 4 heteroatoms. The van der Waals surface area contributed by atoms with Gasteiger partial charge in [-0.05, 0) is 24.6 Å². The summed E-state index contributed by atoms with van der Waals surface area (Å²) in [5.41, 5.74) is 1.96. The zero-order chi connectivity index (χ0) is 11.5. The highest BCUT2D eigenvalue weighted by atomic mass is 35.5. The Morgan fingerprint density at radius 1 is 1.38 bits per heavy atom.